The number of benzene rings is 7. The molecule has 4 unspecified atom stereocenters. The SMILES string of the molecule is CC1C=CC2(C)C3=C1C(C)c1c(oc4ccccc14)C3(C)N(c1ccc3c(c1)oc1c(-c4cccc5c4sc4ccccc45)c4c(cc13)oc1ccccc14)c1ccccc12. The predicted molar refractivity (Wildman–Crippen MR) is 253 cm³/mol. The highest BCUT2D eigenvalue weighted by Crippen LogP contribution is 2.66. The molecule has 292 valence electrons. The average molecular weight is 806 g/mol. The zero-order valence-corrected chi connectivity index (χ0v) is 35.0. The van der Waals surface area contributed by atoms with E-state index in [1.165, 1.54) is 53.5 Å². The molecule has 5 heterocycles. The summed E-state index contributed by atoms with van der Waals surface area (Å²) in [5, 5.41) is 8.00. The second-order valence-electron chi connectivity index (χ2n) is 17.8. The van der Waals surface area contributed by atoms with Crippen LogP contribution in [0.5, 0.6) is 0 Å². The van der Waals surface area contributed by atoms with E-state index in [-0.39, 0.29) is 17.3 Å². The lowest BCUT2D eigenvalue weighted by molar-refractivity contribution is 0.347. The molecule has 11 aromatic rings. The van der Waals surface area contributed by atoms with Gasteiger partial charge in [-0.05, 0) is 73.4 Å². The molecule has 0 bridgehead atoms. The molecule has 3 aliphatic rings. The third-order valence-corrected chi connectivity index (χ3v) is 15.9. The molecule has 0 fully saturated rings. The lowest BCUT2D eigenvalue weighted by Gasteiger charge is -2.58. The van der Waals surface area contributed by atoms with Crippen LogP contribution in [0.4, 0.5) is 11.4 Å². The molecule has 0 saturated heterocycles. The minimum absolute atomic E-state index is 0.198. The summed E-state index contributed by atoms with van der Waals surface area (Å²) >= 11 is 1.85. The molecule has 4 atom stereocenters. The highest BCUT2D eigenvalue weighted by atomic mass is 32.1. The third-order valence-electron chi connectivity index (χ3n) is 14.6. The van der Waals surface area contributed by atoms with E-state index in [1.54, 1.807) is 0 Å². The van der Waals surface area contributed by atoms with Crippen LogP contribution in [0.3, 0.4) is 0 Å². The van der Waals surface area contributed by atoms with Crippen LogP contribution < -0.4 is 4.90 Å². The molecule has 4 nitrogen and oxygen atoms in total. The Morgan fingerprint density at radius 2 is 1.34 bits per heavy atom. The van der Waals surface area contributed by atoms with Gasteiger partial charge in [0, 0.05) is 92.6 Å². The van der Waals surface area contributed by atoms with Crippen molar-refractivity contribution in [3.8, 4) is 11.1 Å². The number of hydrogen-bond donors (Lipinski definition) is 0. The third kappa shape index (κ3) is 4.11. The molecule has 0 spiro atoms. The number of furan rings is 3. The molecule has 1 aliphatic heterocycles. The molecule has 0 N–H and O–H groups in total. The zero-order chi connectivity index (χ0) is 40.5. The van der Waals surface area contributed by atoms with Crippen molar-refractivity contribution in [1.29, 1.82) is 0 Å². The number of thiophene rings is 1. The number of fused-ring (bicyclic) bond motifs is 15. The second kappa shape index (κ2) is 11.5. The van der Waals surface area contributed by atoms with Gasteiger partial charge in [0.15, 0.2) is 0 Å². The van der Waals surface area contributed by atoms with Crippen molar-refractivity contribution in [2.24, 2.45) is 5.92 Å². The van der Waals surface area contributed by atoms with Crippen molar-refractivity contribution >= 4 is 97.7 Å². The number of rotatable bonds is 2. The lowest BCUT2D eigenvalue weighted by Crippen LogP contribution is -2.56. The normalized spacial score (nSPS) is 22.1. The van der Waals surface area contributed by atoms with Crippen molar-refractivity contribution in [1.82, 2.24) is 0 Å². The van der Waals surface area contributed by atoms with Gasteiger partial charge in [-0.15, -0.1) is 11.3 Å². The molecule has 0 saturated carbocycles. The second-order valence-corrected chi connectivity index (χ2v) is 18.9. The van der Waals surface area contributed by atoms with Crippen LogP contribution >= 0.6 is 11.3 Å². The minimum atomic E-state index is -0.640. The topological polar surface area (TPSA) is 42.7 Å². The monoisotopic (exact) mass is 805 g/mol. The summed E-state index contributed by atoms with van der Waals surface area (Å²) in [6, 6.07) is 50.4. The highest BCUT2D eigenvalue weighted by Gasteiger charge is 2.59. The van der Waals surface area contributed by atoms with Crippen molar-refractivity contribution in [3.63, 3.8) is 0 Å². The summed E-state index contributed by atoms with van der Waals surface area (Å²) in [4.78, 5) is 2.56. The first-order valence-corrected chi connectivity index (χ1v) is 22.2. The van der Waals surface area contributed by atoms with Gasteiger partial charge < -0.3 is 18.2 Å². The van der Waals surface area contributed by atoms with Crippen molar-refractivity contribution < 1.29 is 13.3 Å². The van der Waals surface area contributed by atoms with E-state index in [9.17, 15) is 0 Å². The van der Waals surface area contributed by atoms with Crippen molar-refractivity contribution in [2.45, 2.75) is 44.6 Å². The molecule has 5 heteroatoms. The van der Waals surface area contributed by atoms with Crippen LogP contribution in [0.2, 0.25) is 0 Å². The molecule has 0 amide bonds. The first kappa shape index (κ1) is 34.0. The van der Waals surface area contributed by atoms with Crippen LogP contribution in [0.15, 0.2) is 176 Å². The standard InChI is InChI=1S/C56H39NO3S/c1-30-26-27-55(3)40-19-8-9-20-41(40)57(56(4)53(55)47(30)31(2)48-36-15-5-11-22-43(36)60-54(48)56)32-24-25-33-39-29-45-49(37-16-6-10-21-42(37)58-45)50(51(39)59-44(33)28-32)38-18-13-17-35-34-14-7-12-23-46(34)61-52(35)38/h5-31H,1-4H3. The lowest BCUT2D eigenvalue weighted by atomic mass is 9.54. The molecule has 0 radical (unpaired) electrons. The maximum Gasteiger partial charge on any atom is 0.144 e. The summed E-state index contributed by atoms with van der Waals surface area (Å²) in [5.41, 5.74) is 13.4. The van der Waals surface area contributed by atoms with Crippen LogP contribution in [0.1, 0.15) is 50.5 Å². The van der Waals surface area contributed by atoms with Crippen LogP contribution in [-0.2, 0) is 11.0 Å². The van der Waals surface area contributed by atoms with E-state index in [2.05, 4.69) is 178 Å². The number of anilines is 2. The summed E-state index contributed by atoms with van der Waals surface area (Å²) in [7, 11) is 0. The van der Waals surface area contributed by atoms with Gasteiger partial charge in [-0.2, -0.15) is 0 Å². The van der Waals surface area contributed by atoms with Crippen LogP contribution in [-0.4, -0.2) is 0 Å². The Morgan fingerprint density at radius 3 is 2.21 bits per heavy atom. The van der Waals surface area contributed by atoms with Crippen LogP contribution in [0.25, 0.3) is 86.1 Å². The largest absolute Gasteiger partial charge is 0.458 e. The number of hydrogen-bond acceptors (Lipinski definition) is 5. The molecule has 2 aliphatic carbocycles. The maximum atomic E-state index is 7.31. The molecule has 4 aromatic heterocycles. The van der Waals surface area contributed by atoms with Gasteiger partial charge in [-0.25, -0.2) is 0 Å². The molecule has 61 heavy (non-hydrogen) atoms. The van der Waals surface area contributed by atoms with Gasteiger partial charge in [0.2, 0.25) is 0 Å². The zero-order valence-electron chi connectivity index (χ0n) is 34.2. The predicted octanol–water partition coefficient (Wildman–Crippen LogP) is 16.2. The fraction of sp³-hybridized carbons (Fsp3) is 0.143. The first-order valence-electron chi connectivity index (χ1n) is 21.4. The Hall–Kier alpha value is -6.82. The minimum Gasteiger partial charge on any atom is -0.458 e. The van der Waals surface area contributed by atoms with E-state index in [0.29, 0.717) is 0 Å². The highest BCUT2D eigenvalue weighted by molar-refractivity contribution is 7.26. The summed E-state index contributed by atoms with van der Waals surface area (Å²) < 4.78 is 23.7. The molecule has 14 rings (SSSR count). The van der Waals surface area contributed by atoms with Gasteiger partial charge in [-0.3, -0.25) is 0 Å². The van der Waals surface area contributed by atoms with Gasteiger partial charge in [0.25, 0.3) is 0 Å². The van der Waals surface area contributed by atoms with Gasteiger partial charge in [0.05, 0.1) is 0 Å². The average Bonchev–Trinajstić information content (AvgIpc) is 4.06. The van der Waals surface area contributed by atoms with E-state index < -0.39 is 5.54 Å². The summed E-state index contributed by atoms with van der Waals surface area (Å²) in [6.45, 7) is 9.58. The smallest absolute Gasteiger partial charge is 0.144 e. The summed E-state index contributed by atoms with van der Waals surface area (Å²) in [5.74, 6) is 1.50. The Labute approximate surface area is 355 Å². The van der Waals surface area contributed by atoms with E-state index in [1.807, 2.05) is 17.4 Å². The van der Waals surface area contributed by atoms with Gasteiger partial charge in [0.1, 0.15) is 39.2 Å². The Morgan fingerprint density at radius 1 is 0.607 bits per heavy atom. The summed E-state index contributed by atoms with van der Waals surface area (Å²) in [6.07, 6.45) is 4.90. The number of allylic oxidation sites excluding steroid dienone is 3. The number of para-hydroxylation sites is 3. The number of nitrogens with zero attached hydrogens (tertiary/aromatic N) is 1. The van der Waals surface area contributed by atoms with Gasteiger partial charge >= 0.3 is 0 Å². The van der Waals surface area contributed by atoms with Crippen LogP contribution in [0, 0.1) is 5.92 Å². The first-order chi connectivity index (χ1) is 29.8. The van der Waals surface area contributed by atoms with Crippen molar-refractivity contribution in [3.05, 3.63) is 180 Å². The molecule has 7 aromatic carbocycles. The fourth-order valence-electron chi connectivity index (χ4n) is 12.2. The van der Waals surface area contributed by atoms with Crippen molar-refractivity contribution in [2.75, 3.05) is 4.90 Å². The molecular weight excluding hydrogens is 767 g/mol. The van der Waals surface area contributed by atoms with E-state index in [0.717, 1.165) is 72.0 Å². The Bertz CT molecular complexity index is 3810. The Kier molecular flexibility index (Phi) is 6.40. The van der Waals surface area contributed by atoms with E-state index in [4.69, 9.17) is 13.3 Å². The quantitative estimate of drug-likeness (QED) is 0.163. The maximum absolute atomic E-state index is 7.31. The Balaban J connectivity index is 1.08. The fourth-order valence-corrected chi connectivity index (χ4v) is 13.4. The molecular formula is C56H39NO3S. The van der Waals surface area contributed by atoms with Gasteiger partial charge in [-0.1, -0.05) is 123 Å². The van der Waals surface area contributed by atoms with E-state index >= 15 is 0 Å².